The van der Waals surface area contributed by atoms with Crippen LogP contribution in [-0.2, 0) is 0 Å². The summed E-state index contributed by atoms with van der Waals surface area (Å²) in [6.07, 6.45) is 2.66. The Kier molecular flexibility index (Phi) is 1.64. The smallest absolute Gasteiger partial charge is 0.0328 e. The molecule has 1 aliphatic carbocycles. The highest BCUT2D eigenvalue weighted by Crippen LogP contribution is 2.41. The van der Waals surface area contributed by atoms with E-state index in [1.807, 2.05) is 6.07 Å². The maximum absolute atomic E-state index is 5.70. The average Bonchev–Trinajstić information content (AvgIpc) is 2.64. The number of nitrogen functional groups attached to an aromatic ring is 1. The van der Waals surface area contributed by atoms with Crippen molar-refractivity contribution in [3.8, 4) is 0 Å². The normalized spacial score (nSPS) is 16.8. The molecule has 1 nitrogen and oxygen atoms in total. The Morgan fingerprint density at radius 3 is 2.55 bits per heavy atom. The molecule has 11 heavy (non-hydrogen) atoms. The summed E-state index contributed by atoms with van der Waals surface area (Å²) in [6.45, 7) is 0. The first kappa shape index (κ1) is 7.17. The van der Waals surface area contributed by atoms with Crippen LogP contribution >= 0.6 is 15.9 Å². The molecule has 0 aliphatic heterocycles. The van der Waals surface area contributed by atoms with Crippen molar-refractivity contribution in [2.24, 2.45) is 0 Å². The molecule has 1 aromatic rings. The summed E-state index contributed by atoms with van der Waals surface area (Å²) in [6, 6.07) is 6.17. The highest BCUT2D eigenvalue weighted by atomic mass is 79.9. The number of anilines is 1. The van der Waals surface area contributed by atoms with Gasteiger partial charge in [0.05, 0.1) is 0 Å². The monoisotopic (exact) mass is 211 g/mol. The summed E-state index contributed by atoms with van der Waals surface area (Å²) in [4.78, 5) is 0. The quantitative estimate of drug-likeness (QED) is 0.711. The Labute approximate surface area is 74.7 Å². The molecule has 2 N–H and O–H groups in total. The molecule has 58 valence electrons. The molecule has 0 spiro atoms. The van der Waals surface area contributed by atoms with Crippen molar-refractivity contribution in [3.05, 3.63) is 28.2 Å². The molecule has 1 saturated carbocycles. The van der Waals surface area contributed by atoms with E-state index in [0.29, 0.717) is 0 Å². The van der Waals surface area contributed by atoms with Gasteiger partial charge < -0.3 is 5.73 Å². The number of hydrogen-bond donors (Lipinski definition) is 1. The fraction of sp³-hybridized carbons (Fsp3) is 0.333. The molecule has 2 heteroatoms. The molecule has 0 saturated heterocycles. The minimum atomic E-state index is 0.787. The summed E-state index contributed by atoms with van der Waals surface area (Å²) in [5.41, 5.74) is 7.94. The topological polar surface area (TPSA) is 26.0 Å². The van der Waals surface area contributed by atoms with Crippen LogP contribution in [0.1, 0.15) is 24.3 Å². The molecular weight excluding hydrogens is 202 g/mol. The first-order valence-corrected chi connectivity index (χ1v) is 4.61. The van der Waals surface area contributed by atoms with E-state index in [1.54, 1.807) is 0 Å². The molecular formula is C9H10BrN. The van der Waals surface area contributed by atoms with Gasteiger partial charge in [-0.1, -0.05) is 15.9 Å². The number of halogens is 1. The van der Waals surface area contributed by atoms with E-state index < -0.39 is 0 Å². The maximum Gasteiger partial charge on any atom is 0.0328 e. The van der Waals surface area contributed by atoms with Gasteiger partial charge in [0.1, 0.15) is 0 Å². The van der Waals surface area contributed by atoms with Crippen LogP contribution in [0.4, 0.5) is 5.69 Å². The van der Waals surface area contributed by atoms with E-state index in [0.717, 1.165) is 16.1 Å². The van der Waals surface area contributed by atoms with Gasteiger partial charge in [-0.3, -0.25) is 0 Å². The molecule has 0 heterocycles. The van der Waals surface area contributed by atoms with E-state index in [1.165, 1.54) is 18.4 Å². The third-order valence-electron chi connectivity index (χ3n) is 1.99. The van der Waals surface area contributed by atoms with Crippen molar-refractivity contribution < 1.29 is 0 Å². The van der Waals surface area contributed by atoms with Gasteiger partial charge in [0.15, 0.2) is 0 Å². The Hall–Kier alpha value is -0.500. The second kappa shape index (κ2) is 2.52. The molecule has 1 aromatic carbocycles. The molecule has 0 atom stereocenters. The Morgan fingerprint density at radius 1 is 1.27 bits per heavy atom. The maximum atomic E-state index is 5.70. The first-order valence-electron chi connectivity index (χ1n) is 3.81. The van der Waals surface area contributed by atoms with E-state index in [2.05, 4.69) is 28.1 Å². The van der Waals surface area contributed by atoms with Gasteiger partial charge in [0, 0.05) is 10.2 Å². The van der Waals surface area contributed by atoms with Crippen molar-refractivity contribution in [3.63, 3.8) is 0 Å². The standard InChI is InChI=1S/C9H10BrN/c10-8-3-7(6-1-2-6)4-9(11)5-8/h3-6H,1-2,11H2. The third kappa shape index (κ3) is 1.56. The van der Waals surface area contributed by atoms with E-state index in [9.17, 15) is 0 Å². The zero-order valence-corrected chi connectivity index (χ0v) is 7.76. The average molecular weight is 212 g/mol. The van der Waals surface area contributed by atoms with Crippen LogP contribution in [0.15, 0.2) is 22.7 Å². The lowest BCUT2D eigenvalue weighted by atomic mass is 10.1. The van der Waals surface area contributed by atoms with E-state index in [-0.39, 0.29) is 0 Å². The highest BCUT2D eigenvalue weighted by Gasteiger charge is 2.23. The number of nitrogens with two attached hydrogens (primary N) is 1. The SMILES string of the molecule is Nc1cc(Br)cc(C2CC2)c1. The lowest BCUT2D eigenvalue weighted by Gasteiger charge is -2.00. The van der Waals surface area contributed by atoms with Gasteiger partial charge in [-0.25, -0.2) is 0 Å². The fourth-order valence-electron chi connectivity index (χ4n) is 1.29. The summed E-state index contributed by atoms with van der Waals surface area (Å²) in [5, 5.41) is 0. The molecule has 1 aliphatic rings. The molecule has 0 amide bonds. The molecule has 1 fully saturated rings. The Morgan fingerprint density at radius 2 is 2.00 bits per heavy atom. The Balaban J connectivity index is 2.39. The minimum Gasteiger partial charge on any atom is -0.399 e. The molecule has 0 radical (unpaired) electrons. The van der Waals surface area contributed by atoms with Crippen molar-refractivity contribution in [1.82, 2.24) is 0 Å². The molecule has 0 unspecified atom stereocenters. The van der Waals surface area contributed by atoms with Gasteiger partial charge in [0.2, 0.25) is 0 Å². The highest BCUT2D eigenvalue weighted by molar-refractivity contribution is 9.10. The van der Waals surface area contributed by atoms with Crippen LogP contribution in [-0.4, -0.2) is 0 Å². The van der Waals surface area contributed by atoms with Crippen LogP contribution in [0.25, 0.3) is 0 Å². The van der Waals surface area contributed by atoms with Gasteiger partial charge in [-0.15, -0.1) is 0 Å². The van der Waals surface area contributed by atoms with Crippen molar-refractivity contribution in [2.75, 3.05) is 5.73 Å². The second-order valence-electron chi connectivity index (χ2n) is 3.09. The minimum absolute atomic E-state index is 0.787. The zero-order valence-electron chi connectivity index (χ0n) is 6.18. The molecule has 0 bridgehead atoms. The lowest BCUT2D eigenvalue weighted by Crippen LogP contribution is -1.87. The Bertz CT molecular complexity index is 259. The summed E-state index contributed by atoms with van der Waals surface area (Å²) in [5.74, 6) is 0.787. The van der Waals surface area contributed by atoms with E-state index in [4.69, 9.17) is 5.73 Å². The van der Waals surface area contributed by atoms with Crippen LogP contribution in [0.5, 0.6) is 0 Å². The summed E-state index contributed by atoms with van der Waals surface area (Å²) in [7, 11) is 0. The second-order valence-corrected chi connectivity index (χ2v) is 4.01. The fourth-order valence-corrected chi connectivity index (χ4v) is 1.82. The van der Waals surface area contributed by atoms with Gasteiger partial charge in [0.25, 0.3) is 0 Å². The molecule has 2 rings (SSSR count). The van der Waals surface area contributed by atoms with Crippen LogP contribution in [0.2, 0.25) is 0 Å². The first-order chi connectivity index (χ1) is 5.25. The lowest BCUT2D eigenvalue weighted by molar-refractivity contribution is 1.13. The van der Waals surface area contributed by atoms with Crippen LogP contribution < -0.4 is 5.73 Å². The van der Waals surface area contributed by atoms with Crippen LogP contribution in [0, 0.1) is 0 Å². The van der Waals surface area contributed by atoms with Gasteiger partial charge in [-0.05, 0) is 42.5 Å². The summed E-state index contributed by atoms with van der Waals surface area (Å²) >= 11 is 3.43. The van der Waals surface area contributed by atoms with Crippen molar-refractivity contribution >= 4 is 21.6 Å². The van der Waals surface area contributed by atoms with Crippen molar-refractivity contribution in [2.45, 2.75) is 18.8 Å². The van der Waals surface area contributed by atoms with Crippen LogP contribution in [0.3, 0.4) is 0 Å². The zero-order chi connectivity index (χ0) is 7.84. The van der Waals surface area contributed by atoms with Gasteiger partial charge >= 0.3 is 0 Å². The molecule has 0 aromatic heterocycles. The predicted octanol–water partition coefficient (Wildman–Crippen LogP) is 2.91. The third-order valence-corrected chi connectivity index (χ3v) is 2.45. The number of rotatable bonds is 1. The number of benzene rings is 1. The van der Waals surface area contributed by atoms with Gasteiger partial charge in [-0.2, -0.15) is 0 Å². The predicted molar refractivity (Wildman–Crippen MR) is 50.5 cm³/mol. The van der Waals surface area contributed by atoms with Crippen molar-refractivity contribution in [1.29, 1.82) is 0 Å². The van der Waals surface area contributed by atoms with E-state index >= 15 is 0 Å². The number of hydrogen-bond acceptors (Lipinski definition) is 1. The largest absolute Gasteiger partial charge is 0.399 e. The summed E-state index contributed by atoms with van der Waals surface area (Å²) < 4.78 is 1.10.